The maximum Gasteiger partial charge on any atom is -0.0351 e. The van der Waals surface area contributed by atoms with Gasteiger partial charge in [-0.2, -0.15) is 0 Å². The van der Waals surface area contributed by atoms with E-state index in [1.807, 2.05) is 13.8 Å². The third kappa shape index (κ3) is 23.3. The third-order valence-corrected chi connectivity index (χ3v) is 3.37. The first kappa shape index (κ1) is 21.0. The van der Waals surface area contributed by atoms with E-state index in [2.05, 4.69) is 26.0 Å². The Morgan fingerprint density at radius 2 is 0.789 bits per heavy atom. The molecule has 116 valence electrons. The monoisotopic (exact) mass is 268 g/mol. The molecule has 0 aromatic carbocycles. The summed E-state index contributed by atoms with van der Waals surface area (Å²) in [6.45, 7) is 8.56. The minimum absolute atomic E-state index is 1.31. The van der Waals surface area contributed by atoms with Crippen molar-refractivity contribution >= 4 is 0 Å². The van der Waals surface area contributed by atoms with E-state index in [0.717, 1.165) is 0 Å². The maximum atomic E-state index is 2.40. The second kappa shape index (κ2) is 22.9. The fraction of sp³-hybridized carbons (Fsp3) is 0.895. The molecule has 0 aliphatic rings. The fourth-order valence-electron chi connectivity index (χ4n) is 2.14. The zero-order chi connectivity index (χ0) is 14.6. The van der Waals surface area contributed by atoms with E-state index < -0.39 is 0 Å². The lowest BCUT2D eigenvalue weighted by molar-refractivity contribution is 0.610. The van der Waals surface area contributed by atoms with Crippen molar-refractivity contribution < 1.29 is 0 Å². The van der Waals surface area contributed by atoms with Crippen molar-refractivity contribution in [1.29, 1.82) is 0 Å². The van der Waals surface area contributed by atoms with Crippen LogP contribution in [-0.4, -0.2) is 0 Å². The predicted molar refractivity (Wildman–Crippen MR) is 91.9 cm³/mol. The highest BCUT2D eigenvalue weighted by Gasteiger charge is 1.89. The summed E-state index contributed by atoms with van der Waals surface area (Å²) in [5, 5.41) is 0. The lowest BCUT2D eigenvalue weighted by Gasteiger charge is -1.98. The minimum Gasteiger partial charge on any atom is -0.0885 e. The molecular weight excluding hydrogens is 228 g/mol. The molecule has 0 radical (unpaired) electrons. The average Bonchev–Trinajstić information content (AvgIpc) is 2.46. The molecule has 0 saturated heterocycles. The highest BCUT2D eigenvalue weighted by atomic mass is 13.9. The standard InChI is InChI=1S/C17H34.C2H6/c1-3-5-7-9-11-13-15-17-16-14-12-10-8-6-4-2;1-2/h15,17H,3-14,16H2,1-2H3;1-2H3/b17-15-;. The number of rotatable bonds is 13. The van der Waals surface area contributed by atoms with Crippen LogP contribution in [0, 0.1) is 0 Å². The van der Waals surface area contributed by atoms with Crippen molar-refractivity contribution in [3.63, 3.8) is 0 Å². The van der Waals surface area contributed by atoms with Gasteiger partial charge in [0.1, 0.15) is 0 Å². The zero-order valence-corrected chi connectivity index (χ0v) is 14.3. The Balaban J connectivity index is 0. The van der Waals surface area contributed by atoms with Crippen molar-refractivity contribution in [2.24, 2.45) is 0 Å². The molecule has 0 bridgehead atoms. The Morgan fingerprint density at radius 1 is 0.474 bits per heavy atom. The Morgan fingerprint density at radius 3 is 1.16 bits per heavy atom. The van der Waals surface area contributed by atoms with Gasteiger partial charge in [-0.25, -0.2) is 0 Å². The van der Waals surface area contributed by atoms with Crippen LogP contribution < -0.4 is 0 Å². The summed E-state index contributed by atoms with van der Waals surface area (Å²) in [7, 11) is 0. The van der Waals surface area contributed by atoms with Gasteiger partial charge in [0.25, 0.3) is 0 Å². The zero-order valence-electron chi connectivity index (χ0n) is 14.3. The Kier molecular flexibility index (Phi) is 25.3. The molecule has 0 rings (SSSR count). The molecule has 0 amide bonds. The number of allylic oxidation sites excluding steroid dienone is 2. The van der Waals surface area contributed by atoms with Crippen LogP contribution in [0.5, 0.6) is 0 Å². The topological polar surface area (TPSA) is 0 Å². The van der Waals surface area contributed by atoms with Crippen LogP contribution in [0.1, 0.15) is 111 Å². The summed E-state index contributed by atoms with van der Waals surface area (Å²) < 4.78 is 0. The van der Waals surface area contributed by atoms with Gasteiger partial charge >= 0.3 is 0 Å². The van der Waals surface area contributed by atoms with Crippen molar-refractivity contribution in [3.05, 3.63) is 12.2 Å². The molecule has 0 spiro atoms. The SMILES string of the molecule is CC.CCCCCCC/C=C\CCCCCCCC. The minimum atomic E-state index is 1.31. The molecule has 0 atom stereocenters. The van der Waals surface area contributed by atoms with E-state index in [0.29, 0.717) is 0 Å². The quantitative estimate of drug-likeness (QED) is 0.237. The molecule has 0 saturated carbocycles. The van der Waals surface area contributed by atoms with E-state index in [1.165, 1.54) is 83.5 Å². The van der Waals surface area contributed by atoms with Crippen molar-refractivity contribution in [2.45, 2.75) is 111 Å². The van der Waals surface area contributed by atoms with Crippen LogP contribution in [0.15, 0.2) is 12.2 Å². The molecule has 19 heavy (non-hydrogen) atoms. The van der Waals surface area contributed by atoms with Gasteiger partial charge in [-0.15, -0.1) is 0 Å². The van der Waals surface area contributed by atoms with E-state index in [4.69, 9.17) is 0 Å². The van der Waals surface area contributed by atoms with E-state index in [9.17, 15) is 0 Å². The van der Waals surface area contributed by atoms with Gasteiger partial charge in [0.2, 0.25) is 0 Å². The normalized spacial score (nSPS) is 10.5. The van der Waals surface area contributed by atoms with E-state index in [-0.39, 0.29) is 0 Å². The molecule has 0 fully saturated rings. The first-order valence-electron chi connectivity index (χ1n) is 9.06. The van der Waals surface area contributed by atoms with Gasteiger partial charge < -0.3 is 0 Å². The van der Waals surface area contributed by atoms with Crippen molar-refractivity contribution in [3.8, 4) is 0 Å². The maximum absolute atomic E-state index is 2.40. The second-order valence-corrected chi connectivity index (χ2v) is 5.23. The summed E-state index contributed by atoms with van der Waals surface area (Å²) in [4.78, 5) is 0. The molecule has 0 heteroatoms. The molecule has 0 aromatic heterocycles. The van der Waals surface area contributed by atoms with Crippen LogP contribution in [0.2, 0.25) is 0 Å². The summed E-state index contributed by atoms with van der Waals surface area (Å²) in [5.74, 6) is 0. The summed E-state index contributed by atoms with van der Waals surface area (Å²) in [6, 6.07) is 0. The highest BCUT2D eigenvalue weighted by molar-refractivity contribution is 4.81. The predicted octanol–water partition coefficient (Wildman–Crippen LogP) is 7.68. The first-order valence-corrected chi connectivity index (χ1v) is 9.06. The Hall–Kier alpha value is -0.260. The largest absolute Gasteiger partial charge is 0.0885 e. The Labute approximate surface area is 124 Å². The van der Waals surface area contributed by atoms with Gasteiger partial charge in [0, 0.05) is 0 Å². The van der Waals surface area contributed by atoms with Crippen LogP contribution in [0.25, 0.3) is 0 Å². The van der Waals surface area contributed by atoms with E-state index >= 15 is 0 Å². The van der Waals surface area contributed by atoms with Crippen LogP contribution in [0.3, 0.4) is 0 Å². The number of hydrogen-bond acceptors (Lipinski definition) is 0. The highest BCUT2D eigenvalue weighted by Crippen LogP contribution is 2.08. The smallest absolute Gasteiger partial charge is 0.0351 e. The van der Waals surface area contributed by atoms with Crippen LogP contribution >= 0.6 is 0 Å². The van der Waals surface area contributed by atoms with Crippen molar-refractivity contribution in [2.75, 3.05) is 0 Å². The second-order valence-electron chi connectivity index (χ2n) is 5.23. The van der Waals surface area contributed by atoms with Gasteiger partial charge in [-0.3, -0.25) is 0 Å². The average molecular weight is 269 g/mol. The molecule has 0 aliphatic heterocycles. The van der Waals surface area contributed by atoms with Gasteiger partial charge in [0.05, 0.1) is 0 Å². The summed E-state index contributed by atoms with van der Waals surface area (Å²) >= 11 is 0. The van der Waals surface area contributed by atoms with Gasteiger partial charge in [-0.05, 0) is 25.7 Å². The Bertz CT molecular complexity index is 146. The summed E-state index contributed by atoms with van der Waals surface area (Å²) in [5.41, 5.74) is 0. The van der Waals surface area contributed by atoms with Crippen LogP contribution in [0.4, 0.5) is 0 Å². The molecule has 0 unspecified atom stereocenters. The molecule has 0 heterocycles. The third-order valence-electron chi connectivity index (χ3n) is 3.37. The van der Waals surface area contributed by atoms with Crippen LogP contribution in [-0.2, 0) is 0 Å². The molecule has 0 aromatic rings. The lowest BCUT2D eigenvalue weighted by atomic mass is 10.1. The summed E-state index contributed by atoms with van der Waals surface area (Å²) in [6.07, 6.45) is 22.9. The molecular formula is C19H40. The number of hydrogen-bond donors (Lipinski definition) is 0. The van der Waals surface area contributed by atoms with E-state index in [1.54, 1.807) is 0 Å². The number of unbranched alkanes of at least 4 members (excludes halogenated alkanes) is 11. The molecule has 0 nitrogen and oxygen atoms in total. The first-order chi connectivity index (χ1) is 9.41. The molecule has 0 N–H and O–H groups in total. The van der Waals surface area contributed by atoms with Gasteiger partial charge in [-0.1, -0.05) is 97.6 Å². The fourth-order valence-corrected chi connectivity index (χ4v) is 2.14. The van der Waals surface area contributed by atoms with Crippen molar-refractivity contribution in [1.82, 2.24) is 0 Å². The molecule has 0 aliphatic carbocycles. The van der Waals surface area contributed by atoms with Gasteiger partial charge in [0.15, 0.2) is 0 Å². The lowest BCUT2D eigenvalue weighted by Crippen LogP contribution is -1.78.